The number of amides is 4. The third kappa shape index (κ3) is 4.18. The number of nitrogens with zero attached hydrogens (tertiary/aromatic N) is 2. The van der Waals surface area contributed by atoms with Gasteiger partial charge in [-0.05, 0) is 68.1 Å². The fourth-order valence-electron chi connectivity index (χ4n) is 8.69. The first-order valence-corrected chi connectivity index (χ1v) is 16.2. The molecule has 8 rings (SSSR count). The van der Waals surface area contributed by atoms with Crippen LogP contribution in [0, 0.1) is 29.1 Å². The summed E-state index contributed by atoms with van der Waals surface area (Å²) in [6.45, 7) is 1.80. The molecular weight excluding hydrogens is 604 g/mol. The number of allylic oxidation sites excluding steroid dienone is 2. The number of carbonyl (C=O) groups excluding carboxylic acids is 5. The fraction of sp³-hybridized carbons (Fsp3) is 0.225. The molecule has 8 nitrogen and oxygen atoms in total. The van der Waals surface area contributed by atoms with Gasteiger partial charge in [0.15, 0.2) is 5.78 Å². The van der Waals surface area contributed by atoms with Crippen LogP contribution < -0.4 is 9.80 Å². The second-order valence-corrected chi connectivity index (χ2v) is 13.3. The number of aromatic hydroxyl groups is 1. The Morgan fingerprint density at radius 2 is 1.29 bits per heavy atom. The van der Waals surface area contributed by atoms with E-state index in [0.717, 1.165) is 5.57 Å². The maximum atomic E-state index is 14.4. The average molecular weight is 637 g/mol. The molecule has 8 heteroatoms. The van der Waals surface area contributed by atoms with Crippen molar-refractivity contribution in [2.45, 2.75) is 25.7 Å². The minimum absolute atomic E-state index is 0.00477. The van der Waals surface area contributed by atoms with E-state index in [1.807, 2.05) is 18.2 Å². The summed E-state index contributed by atoms with van der Waals surface area (Å²) in [6, 6.07) is 31.0. The van der Waals surface area contributed by atoms with E-state index < -0.39 is 35.0 Å². The first kappa shape index (κ1) is 29.8. The van der Waals surface area contributed by atoms with Crippen molar-refractivity contribution in [3.63, 3.8) is 0 Å². The van der Waals surface area contributed by atoms with Gasteiger partial charge in [0.25, 0.3) is 0 Å². The molecule has 2 saturated heterocycles. The number of anilines is 2. The van der Waals surface area contributed by atoms with Gasteiger partial charge in [-0.2, -0.15) is 0 Å². The van der Waals surface area contributed by atoms with Crippen molar-refractivity contribution in [3.05, 3.63) is 138 Å². The van der Waals surface area contributed by atoms with Crippen LogP contribution in [0.25, 0.3) is 0 Å². The van der Waals surface area contributed by atoms with Crippen molar-refractivity contribution >= 4 is 40.8 Å². The molecular formula is C40H32N2O6. The highest BCUT2D eigenvalue weighted by molar-refractivity contribution is 6.25. The molecule has 2 heterocycles. The summed E-state index contributed by atoms with van der Waals surface area (Å²) < 4.78 is 0. The summed E-state index contributed by atoms with van der Waals surface area (Å²) in [7, 11) is 0. The number of rotatable bonds is 5. The molecule has 1 N–H and O–H groups in total. The lowest BCUT2D eigenvalue weighted by Crippen LogP contribution is -2.48. The molecule has 238 valence electrons. The molecule has 0 aromatic heterocycles. The Morgan fingerprint density at radius 3 is 1.98 bits per heavy atom. The number of hydrogen-bond donors (Lipinski definition) is 1. The van der Waals surface area contributed by atoms with E-state index in [4.69, 9.17) is 0 Å². The van der Waals surface area contributed by atoms with Gasteiger partial charge in [-0.1, -0.05) is 78.4 Å². The highest BCUT2D eigenvalue weighted by atomic mass is 16.3. The molecule has 2 aliphatic carbocycles. The molecule has 6 atom stereocenters. The molecule has 4 aromatic carbocycles. The van der Waals surface area contributed by atoms with Gasteiger partial charge in [-0.15, -0.1) is 0 Å². The van der Waals surface area contributed by atoms with Crippen molar-refractivity contribution in [3.8, 4) is 5.75 Å². The molecule has 4 aliphatic rings. The van der Waals surface area contributed by atoms with Crippen molar-refractivity contribution in [1.82, 2.24) is 0 Å². The molecule has 48 heavy (non-hydrogen) atoms. The summed E-state index contributed by atoms with van der Waals surface area (Å²) in [6.07, 6.45) is 2.47. The van der Waals surface area contributed by atoms with Crippen molar-refractivity contribution < 1.29 is 29.1 Å². The SMILES string of the molecule is C[C@@]12C(=O)N(c3ccccc3)C(=O)[C@@H]1C[C@@H]1C(=CC[C@@H]3C(=O)N(c4ccc(C(=O)c5ccccc5)cc4)C(=O)[C@@H]31)[C@@H]2c1ccccc1O. The zero-order chi connectivity index (χ0) is 33.3. The Bertz CT molecular complexity index is 2040. The molecule has 0 radical (unpaired) electrons. The standard InChI is InChI=1S/C40H32N2O6/c1-40-31(37(46)42(39(40)48)25-12-6-3-7-13-25)22-30-27(34(40)28-14-8-9-15-32(28)43)20-21-29-33(30)38(47)41(36(29)45)26-18-16-24(17-19-26)35(44)23-10-4-2-5-11-23/h2-20,29-31,33-34,43H,21-22H2,1H3/t29-,30+,31-,33-,34+,40+/m0/s1. The number of ketones is 1. The van der Waals surface area contributed by atoms with Crippen LogP contribution in [0.15, 0.2) is 121 Å². The number of benzene rings is 4. The summed E-state index contributed by atoms with van der Waals surface area (Å²) in [5.74, 6) is -4.88. The van der Waals surface area contributed by atoms with E-state index in [1.165, 1.54) is 9.80 Å². The third-order valence-electron chi connectivity index (χ3n) is 11.0. The number of hydrogen-bond acceptors (Lipinski definition) is 6. The Morgan fingerprint density at radius 1 is 0.688 bits per heavy atom. The molecule has 0 spiro atoms. The summed E-state index contributed by atoms with van der Waals surface area (Å²) >= 11 is 0. The molecule has 1 saturated carbocycles. The summed E-state index contributed by atoms with van der Waals surface area (Å²) in [5, 5.41) is 11.1. The van der Waals surface area contributed by atoms with Crippen LogP contribution >= 0.6 is 0 Å². The van der Waals surface area contributed by atoms with Gasteiger partial charge in [0.1, 0.15) is 5.75 Å². The number of fused-ring (bicyclic) bond motifs is 4. The second-order valence-electron chi connectivity index (χ2n) is 13.3. The van der Waals surface area contributed by atoms with Gasteiger partial charge in [0, 0.05) is 22.6 Å². The maximum Gasteiger partial charge on any atom is 0.241 e. The molecule has 0 bridgehead atoms. The van der Waals surface area contributed by atoms with Gasteiger partial charge in [0.2, 0.25) is 23.6 Å². The number of phenolic OH excluding ortho intramolecular Hbond substituents is 1. The van der Waals surface area contributed by atoms with Gasteiger partial charge < -0.3 is 5.11 Å². The van der Waals surface area contributed by atoms with Gasteiger partial charge >= 0.3 is 0 Å². The molecule has 4 amide bonds. The Labute approximate surface area is 277 Å². The largest absolute Gasteiger partial charge is 0.508 e. The van der Waals surface area contributed by atoms with E-state index in [1.54, 1.807) is 104 Å². The van der Waals surface area contributed by atoms with E-state index in [-0.39, 0.29) is 48.0 Å². The summed E-state index contributed by atoms with van der Waals surface area (Å²) in [4.78, 5) is 72.4. The van der Waals surface area contributed by atoms with Crippen LogP contribution in [0.2, 0.25) is 0 Å². The predicted octanol–water partition coefficient (Wildman–Crippen LogP) is 6.06. The van der Waals surface area contributed by atoms with E-state index in [9.17, 15) is 29.1 Å². The lowest BCUT2D eigenvalue weighted by molar-refractivity contribution is -0.131. The van der Waals surface area contributed by atoms with Crippen LogP contribution in [0.5, 0.6) is 5.75 Å². The lowest BCUT2D eigenvalue weighted by Gasteiger charge is -2.49. The highest BCUT2D eigenvalue weighted by Crippen LogP contribution is 2.64. The highest BCUT2D eigenvalue weighted by Gasteiger charge is 2.68. The van der Waals surface area contributed by atoms with E-state index >= 15 is 0 Å². The van der Waals surface area contributed by atoms with Crippen molar-refractivity contribution in [2.75, 3.05) is 9.80 Å². The van der Waals surface area contributed by atoms with Crippen LogP contribution in [0.1, 0.15) is 47.2 Å². The van der Waals surface area contributed by atoms with Crippen LogP contribution in [-0.4, -0.2) is 34.5 Å². The topological polar surface area (TPSA) is 112 Å². The van der Waals surface area contributed by atoms with Crippen molar-refractivity contribution in [2.24, 2.45) is 29.1 Å². The fourth-order valence-corrected chi connectivity index (χ4v) is 8.69. The maximum absolute atomic E-state index is 14.4. The third-order valence-corrected chi connectivity index (χ3v) is 11.0. The quantitative estimate of drug-likeness (QED) is 0.162. The minimum atomic E-state index is -1.23. The van der Waals surface area contributed by atoms with Crippen LogP contribution in [0.4, 0.5) is 11.4 Å². The Kier molecular flexibility index (Phi) is 6.80. The van der Waals surface area contributed by atoms with E-state index in [2.05, 4.69) is 0 Å². The Hall–Kier alpha value is -5.63. The van der Waals surface area contributed by atoms with Gasteiger partial charge in [0.05, 0.1) is 34.5 Å². The predicted molar refractivity (Wildman–Crippen MR) is 178 cm³/mol. The van der Waals surface area contributed by atoms with Gasteiger partial charge in [-0.3, -0.25) is 28.9 Å². The minimum Gasteiger partial charge on any atom is -0.508 e. The van der Waals surface area contributed by atoms with Gasteiger partial charge in [-0.25, -0.2) is 4.90 Å². The number of imide groups is 2. The zero-order valence-electron chi connectivity index (χ0n) is 26.2. The monoisotopic (exact) mass is 636 g/mol. The lowest BCUT2D eigenvalue weighted by atomic mass is 9.51. The average Bonchev–Trinajstić information content (AvgIpc) is 3.48. The second kappa shape index (κ2) is 11.0. The summed E-state index contributed by atoms with van der Waals surface area (Å²) in [5.41, 5.74) is 1.93. The molecule has 2 aliphatic heterocycles. The molecule has 3 fully saturated rings. The number of phenols is 1. The van der Waals surface area contributed by atoms with Crippen LogP contribution in [-0.2, 0) is 19.2 Å². The first-order valence-electron chi connectivity index (χ1n) is 16.2. The van der Waals surface area contributed by atoms with Crippen LogP contribution in [0.3, 0.4) is 0 Å². The number of carbonyl (C=O) groups is 5. The Balaban J connectivity index is 1.18. The van der Waals surface area contributed by atoms with Crippen molar-refractivity contribution in [1.29, 1.82) is 0 Å². The van der Waals surface area contributed by atoms with E-state index in [0.29, 0.717) is 28.1 Å². The smallest absolute Gasteiger partial charge is 0.241 e. The zero-order valence-corrected chi connectivity index (χ0v) is 26.2. The number of para-hydroxylation sites is 2. The molecule has 4 aromatic rings. The first-order chi connectivity index (χ1) is 23.2. The normalized spacial score (nSPS) is 27.8. The molecule has 0 unspecified atom stereocenters.